The van der Waals surface area contributed by atoms with Gasteiger partial charge in [-0.3, -0.25) is 38.4 Å². The quantitative estimate of drug-likeness (QED) is 0.135. The number of amides is 8. The molecule has 0 spiro atoms. The first-order valence-electron chi connectivity index (χ1n) is 28.6. The van der Waals surface area contributed by atoms with Crippen LogP contribution < -0.4 is 16.0 Å². The van der Waals surface area contributed by atoms with E-state index < -0.39 is 125 Å². The van der Waals surface area contributed by atoms with Crippen LogP contribution >= 0.6 is 22.6 Å². The number of rotatable bonds is 15. The van der Waals surface area contributed by atoms with Gasteiger partial charge < -0.3 is 50.3 Å². The van der Waals surface area contributed by atoms with Gasteiger partial charge in [-0.1, -0.05) is 117 Å². The number of carbonyl (C=O) groups is 9. The van der Waals surface area contributed by atoms with Crippen LogP contribution in [0.1, 0.15) is 132 Å². The summed E-state index contributed by atoms with van der Waals surface area (Å²) in [7, 11) is 5.75. The molecule has 2 aliphatic heterocycles. The Bertz CT molecular complexity index is 2470. The summed E-state index contributed by atoms with van der Waals surface area (Å²) in [5, 5.41) is 20.5. The number of cyclic esters (lactones) is 1. The fourth-order valence-electron chi connectivity index (χ4n) is 10.7. The fraction of sp³-hybridized carbons (Fsp3) is 0.650. The Hall–Kier alpha value is -5.64. The van der Waals surface area contributed by atoms with Crippen molar-refractivity contribution in [3.8, 4) is 0 Å². The van der Waals surface area contributed by atoms with E-state index in [1.54, 1.807) is 18.7 Å². The van der Waals surface area contributed by atoms with Gasteiger partial charge in [-0.05, 0) is 104 Å². The Labute approximate surface area is 488 Å². The lowest BCUT2D eigenvalue weighted by atomic mass is 9.94. The number of fused-ring (bicyclic) bond motifs is 2. The molecular weight excluding hydrogens is 1140 g/mol. The molecule has 80 heavy (non-hydrogen) atoms. The normalized spacial score (nSPS) is 26.2. The van der Waals surface area contributed by atoms with E-state index in [9.17, 15) is 38.7 Å². The standard InChI is InChI=1S/C60H91IN8O11/c1-15-23-45-52(71)62-43(31-36(5)6)55(74)68(14)50(60(9,10)79)59(78)80-49(38(8)18-4)58(77)66(12)46(24-16-2)53(72)63-44(33-39-25-20-19-21-26-39)54(73)67(13)47(34-40-27-22-28-42(61)32-40)56(75)69-30-29-41(35-69)51(70)64-48(37(7)17-3)57(76)65(45)11/h19-22,25-28,32,36-38,41,43-50,79H,15-18,23-24,29-31,33-35H2,1-14H3,(H,62,71)(H,63,72)(H,64,70)/t37?,38?,41?,43?,44?,45-,46-,47-,48?,49+,50?/m0/s1. The number of nitrogens with zero attached hydrogens (tertiary/aromatic N) is 5. The van der Waals surface area contributed by atoms with Gasteiger partial charge in [0, 0.05) is 63.6 Å². The molecule has 2 fully saturated rings. The van der Waals surface area contributed by atoms with Gasteiger partial charge >= 0.3 is 5.97 Å². The maximum absolute atomic E-state index is 15.2. The van der Waals surface area contributed by atoms with E-state index in [0.717, 1.165) is 14.0 Å². The Kier molecular flexibility index (Phi) is 25.4. The average molecular weight is 1230 g/mol. The van der Waals surface area contributed by atoms with Crippen LogP contribution in [0.4, 0.5) is 0 Å². The van der Waals surface area contributed by atoms with E-state index in [2.05, 4.69) is 38.5 Å². The molecule has 2 bridgehead atoms. The van der Waals surface area contributed by atoms with Crippen LogP contribution in [0, 0.1) is 27.2 Å². The summed E-state index contributed by atoms with van der Waals surface area (Å²) < 4.78 is 7.01. The molecule has 2 saturated heterocycles. The van der Waals surface area contributed by atoms with Gasteiger partial charge in [-0.25, -0.2) is 4.79 Å². The van der Waals surface area contributed by atoms with Crippen molar-refractivity contribution in [1.82, 2.24) is 40.4 Å². The Morgan fingerprint density at radius 3 is 1.70 bits per heavy atom. The first-order chi connectivity index (χ1) is 37.6. The number of benzene rings is 2. The lowest BCUT2D eigenvalue weighted by Crippen LogP contribution is -2.62. The molecule has 2 heterocycles. The molecule has 2 aromatic carbocycles. The van der Waals surface area contributed by atoms with Crippen LogP contribution in [0.5, 0.6) is 0 Å². The minimum absolute atomic E-state index is 0.00211. The third-order valence-electron chi connectivity index (χ3n) is 15.9. The Balaban J connectivity index is 1.93. The second kappa shape index (κ2) is 30.4. The zero-order chi connectivity index (χ0) is 59.9. The van der Waals surface area contributed by atoms with Crippen molar-refractivity contribution in [1.29, 1.82) is 0 Å². The third kappa shape index (κ3) is 17.4. The van der Waals surface area contributed by atoms with E-state index >= 15 is 9.59 Å². The largest absolute Gasteiger partial charge is 0.450 e. The molecule has 0 radical (unpaired) electrons. The smallest absolute Gasteiger partial charge is 0.332 e. The van der Waals surface area contributed by atoms with Crippen LogP contribution in [0.25, 0.3) is 0 Å². The predicted octanol–water partition coefficient (Wildman–Crippen LogP) is 5.12. The maximum Gasteiger partial charge on any atom is 0.332 e. The maximum atomic E-state index is 15.2. The summed E-state index contributed by atoms with van der Waals surface area (Å²) >= 11 is 2.18. The van der Waals surface area contributed by atoms with Crippen LogP contribution in [0.2, 0.25) is 0 Å². The number of hydrogen-bond acceptors (Lipinski definition) is 11. The van der Waals surface area contributed by atoms with Gasteiger partial charge in [0.25, 0.3) is 5.91 Å². The molecule has 4 N–H and O–H groups in total. The lowest BCUT2D eigenvalue weighted by molar-refractivity contribution is -0.177. The molecule has 2 aromatic rings. The van der Waals surface area contributed by atoms with E-state index in [0.29, 0.717) is 31.2 Å². The predicted molar refractivity (Wildman–Crippen MR) is 314 cm³/mol. The molecule has 444 valence electrons. The van der Waals surface area contributed by atoms with Gasteiger partial charge in [0.15, 0.2) is 12.1 Å². The van der Waals surface area contributed by atoms with Crippen molar-refractivity contribution in [3.05, 3.63) is 69.3 Å². The topological polar surface area (TPSA) is 235 Å². The number of nitrogens with one attached hydrogen (secondary N) is 3. The molecule has 0 aliphatic carbocycles. The van der Waals surface area contributed by atoms with E-state index in [1.807, 2.05) is 96.1 Å². The highest BCUT2D eigenvalue weighted by molar-refractivity contribution is 14.1. The first kappa shape index (κ1) is 66.9. The summed E-state index contributed by atoms with van der Waals surface area (Å²) in [4.78, 5) is 140. The summed E-state index contributed by atoms with van der Waals surface area (Å²) in [6.45, 7) is 17.5. The molecule has 0 saturated carbocycles. The van der Waals surface area contributed by atoms with E-state index in [1.165, 1.54) is 56.7 Å². The zero-order valence-corrected chi connectivity index (χ0v) is 51.9. The number of halogens is 1. The fourth-order valence-corrected chi connectivity index (χ4v) is 11.3. The van der Waals surface area contributed by atoms with Crippen LogP contribution in [-0.4, -0.2) is 178 Å². The SMILES string of the molecule is CCC[C@H]1C(=O)NC(CC(C)C)C(=O)N(C)C(C(C)(C)O)C(=O)O[C@H](C(C)CC)C(=O)N(C)[C@@H](CCC)C(=O)NC(Cc2ccccc2)C(=O)N(C)[C@@H](Cc2cccc(I)c2)C(=O)N2CCC(C2)C(=O)NC(C(C)CC)C(=O)N1C. The minimum Gasteiger partial charge on any atom is -0.450 e. The molecule has 11 atom stereocenters. The van der Waals surface area contributed by atoms with Gasteiger partial charge in [-0.15, -0.1) is 0 Å². The zero-order valence-electron chi connectivity index (χ0n) is 49.8. The molecule has 19 nitrogen and oxygen atoms in total. The minimum atomic E-state index is -1.96. The number of hydrogen-bond donors (Lipinski definition) is 4. The van der Waals surface area contributed by atoms with E-state index in [4.69, 9.17) is 4.74 Å². The summed E-state index contributed by atoms with van der Waals surface area (Å²) in [6.07, 6.45) is 1.04. The number of esters is 1. The highest BCUT2D eigenvalue weighted by atomic mass is 127. The Morgan fingerprint density at radius 1 is 0.625 bits per heavy atom. The second-order valence-electron chi connectivity index (χ2n) is 23.1. The van der Waals surface area contributed by atoms with Crippen LogP contribution in [0.3, 0.4) is 0 Å². The molecule has 2 aliphatic rings. The van der Waals surface area contributed by atoms with Crippen LogP contribution in [-0.2, 0) is 60.7 Å². The van der Waals surface area contributed by atoms with Crippen molar-refractivity contribution in [2.45, 2.75) is 187 Å². The van der Waals surface area contributed by atoms with Crippen molar-refractivity contribution in [3.63, 3.8) is 0 Å². The van der Waals surface area contributed by atoms with Crippen molar-refractivity contribution in [2.24, 2.45) is 23.7 Å². The highest BCUT2D eigenvalue weighted by Gasteiger charge is 2.47. The highest BCUT2D eigenvalue weighted by Crippen LogP contribution is 2.27. The second-order valence-corrected chi connectivity index (χ2v) is 24.4. The van der Waals surface area contributed by atoms with Gasteiger partial charge in [0.05, 0.1) is 11.5 Å². The van der Waals surface area contributed by atoms with Crippen molar-refractivity contribution < 1.29 is 53.0 Å². The first-order valence-corrected chi connectivity index (χ1v) is 29.7. The van der Waals surface area contributed by atoms with Crippen molar-refractivity contribution in [2.75, 3.05) is 41.3 Å². The van der Waals surface area contributed by atoms with Gasteiger partial charge in [0.1, 0.15) is 36.3 Å². The Morgan fingerprint density at radius 2 is 1.16 bits per heavy atom. The molecule has 20 heteroatoms. The van der Waals surface area contributed by atoms with Gasteiger partial charge in [-0.2, -0.15) is 0 Å². The summed E-state index contributed by atoms with van der Waals surface area (Å²) in [5.74, 6) is -7.78. The molecule has 8 amide bonds. The molecule has 0 aromatic heterocycles. The molecular formula is C60H91IN8O11. The van der Waals surface area contributed by atoms with E-state index in [-0.39, 0.29) is 57.5 Å². The molecule has 4 rings (SSSR count). The van der Waals surface area contributed by atoms with Crippen molar-refractivity contribution >= 4 is 75.8 Å². The average Bonchev–Trinajstić information content (AvgIpc) is 3.97. The summed E-state index contributed by atoms with van der Waals surface area (Å²) in [6, 6.07) is 7.99. The monoisotopic (exact) mass is 1230 g/mol. The van der Waals surface area contributed by atoms with Gasteiger partial charge in [0.2, 0.25) is 41.4 Å². The molecule has 7 unspecified atom stereocenters. The third-order valence-corrected chi connectivity index (χ3v) is 16.6. The summed E-state index contributed by atoms with van der Waals surface area (Å²) in [5.41, 5.74) is -0.480. The number of aliphatic hydroxyl groups is 1. The number of likely N-dealkylation sites (N-methyl/N-ethyl adjacent to an activating group) is 4. The lowest BCUT2D eigenvalue weighted by Gasteiger charge is -2.39. The number of carbonyl (C=O) groups excluding carboxylic acids is 9. The number of ether oxygens (including phenoxy) is 1. The van der Waals surface area contributed by atoms with Crippen LogP contribution in [0.15, 0.2) is 54.6 Å².